The first-order chi connectivity index (χ1) is 15.6. The van der Waals surface area contributed by atoms with Crippen LogP contribution in [-0.2, 0) is 0 Å². The molecule has 168 valence electrons. The third-order valence-corrected chi connectivity index (χ3v) is 7.65. The quantitative estimate of drug-likeness (QED) is 0.600. The van der Waals surface area contributed by atoms with E-state index in [2.05, 4.69) is 26.9 Å². The Morgan fingerprint density at radius 2 is 1.84 bits per heavy atom. The number of benzene rings is 2. The number of piperazine rings is 1. The molecule has 2 aliphatic heterocycles. The maximum atomic E-state index is 13.2. The van der Waals surface area contributed by atoms with Crippen LogP contribution < -0.4 is 9.64 Å². The predicted octanol–water partition coefficient (Wildman–Crippen LogP) is 4.04. The van der Waals surface area contributed by atoms with E-state index in [0.29, 0.717) is 6.04 Å². The number of aromatic nitrogens is 1. The molecular weight excluding hydrogens is 420 g/mol. The van der Waals surface area contributed by atoms with Gasteiger partial charge in [0.2, 0.25) is 0 Å². The number of nitrogens with zero attached hydrogens (tertiary/aromatic N) is 4. The zero-order chi connectivity index (χ0) is 22.1. The van der Waals surface area contributed by atoms with E-state index >= 15 is 0 Å². The van der Waals surface area contributed by atoms with E-state index in [1.54, 1.807) is 18.4 Å². The Hall–Kier alpha value is -2.64. The fourth-order valence-electron chi connectivity index (χ4n) is 4.93. The number of ether oxygens (including phenoxy) is 1. The van der Waals surface area contributed by atoms with E-state index in [-0.39, 0.29) is 5.91 Å². The van der Waals surface area contributed by atoms with Crippen molar-refractivity contribution in [2.45, 2.75) is 25.8 Å². The van der Waals surface area contributed by atoms with Gasteiger partial charge < -0.3 is 14.5 Å². The Labute approximate surface area is 193 Å². The minimum Gasteiger partial charge on any atom is -0.497 e. The summed E-state index contributed by atoms with van der Waals surface area (Å²) in [5.41, 5.74) is 2.94. The van der Waals surface area contributed by atoms with Crippen molar-refractivity contribution >= 4 is 33.1 Å². The minimum absolute atomic E-state index is 0.138. The molecule has 7 heteroatoms. The molecule has 1 unspecified atom stereocenters. The molecule has 1 atom stereocenters. The number of likely N-dealkylation sites (tertiary alicyclic amines) is 1. The number of rotatable bonds is 4. The molecule has 0 spiro atoms. The summed E-state index contributed by atoms with van der Waals surface area (Å²) in [7, 11) is 1.70. The van der Waals surface area contributed by atoms with Gasteiger partial charge >= 0.3 is 0 Å². The summed E-state index contributed by atoms with van der Waals surface area (Å²) in [6.07, 6.45) is 2.23. The lowest BCUT2D eigenvalue weighted by molar-refractivity contribution is 0.0563. The highest BCUT2D eigenvalue weighted by Crippen LogP contribution is 2.26. The van der Waals surface area contributed by atoms with Gasteiger partial charge in [-0.1, -0.05) is 0 Å². The highest BCUT2D eigenvalue weighted by Gasteiger charge is 2.30. The predicted molar refractivity (Wildman–Crippen MR) is 130 cm³/mol. The highest BCUT2D eigenvalue weighted by atomic mass is 32.1. The summed E-state index contributed by atoms with van der Waals surface area (Å²) < 4.78 is 6.42. The fourth-order valence-corrected chi connectivity index (χ4v) is 5.74. The number of methoxy groups -OCH3 is 1. The Bertz CT molecular complexity index is 1090. The summed E-state index contributed by atoms with van der Waals surface area (Å²) >= 11 is 1.67. The van der Waals surface area contributed by atoms with E-state index in [0.717, 1.165) is 78.6 Å². The first kappa shape index (κ1) is 21.2. The Morgan fingerprint density at radius 3 is 2.59 bits per heavy atom. The smallest absolute Gasteiger partial charge is 0.253 e. The van der Waals surface area contributed by atoms with Crippen LogP contribution in [0.2, 0.25) is 0 Å². The first-order valence-corrected chi connectivity index (χ1v) is 12.2. The van der Waals surface area contributed by atoms with E-state index in [9.17, 15) is 4.79 Å². The second kappa shape index (κ2) is 9.08. The zero-order valence-corrected chi connectivity index (χ0v) is 19.6. The van der Waals surface area contributed by atoms with Gasteiger partial charge in [0.1, 0.15) is 5.75 Å². The van der Waals surface area contributed by atoms with Crippen LogP contribution in [0.1, 0.15) is 28.2 Å². The lowest BCUT2D eigenvalue weighted by atomic mass is 10.0. The summed E-state index contributed by atoms with van der Waals surface area (Å²) in [4.78, 5) is 24.9. The SMILES string of the molecule is COc1ccc(N2CCN(C3CCCN(C(=O)c4ccc5sc(C)nc5c4)C3)CC2)cc1. The number of amides is 1. The topological polar surface area (TPSA) is 48.9 Å². The highest BCUT2D eigenvalue weighted by molar-refractivity contribution is 7.18. The lowest BCUT2D eigenvalue weighted by Crippen LogP contribution is -2.55. The molecule has 0 aliphatic carbocycles. The molecule has 0 bridgehead atoms. The first-order valence-electron chi connectivity index (χ1n) is 11.4. The normalized spacial score (nSPS) is 20.0. The van der Waals surface area contributed by atoms with Crippen LogP contribution in [0.3, 0.4) is 0 Å². The van der Waals surface area contributed by atoms with Crippen LogP contribution >= 0.6 is 11.3 Å². The van der Waals surface area contributed by atoms with Crippen LogP contribution in [0.25, 0.3) is 10.2 Å². The maximum absolute atomic E-state index is 13.2. The van der Waals surface area contributed by atoms with Crippen LogP contribution in [0.15, 0.2) is 42.5 Å². The molecule has 2 aromatic carbocycles. The molecular formula is C25H30N4O2S. The van der Waals surface area contributed by atoms with Crippen molar-refractivity contribution in [2.24, 2.45) is 0 Å². The molecule has 0 N–H and O–H groups in total. The van der Waals surface area contributed by atoms with Crippen molar-refractivity contribution in [3.05, 3.63) is 53.0 Å². The fraction of sp³-hybridized carbons (Fsp3) is 0.440. The molecule has 3 heterocycles. The van der Waals surface area contributed by atoms with Crippen molar-refractivity contribution in [3.63, 3.8) is 0 Å². The summed E-state index contributed by atoms with van der Waals surface area (Å²) in [5.74, 6) is 1.03. The average molecular weight is 451 g/mol. The molecule has 6 nitrogen and oxygen atoms in total. The molecule has 2 aliphatic rings. The number of carbonyl (C=O) groups is 1. The van der Waals surface area contributed by atoms with Crippen molar-refractivity contribution in [1.29, 1.82) is 0 Å². The largest absolute Gasteiger partial charge is 0.497 e. The minimum atomic E-state index is 0.138. The summed E-state index contributed by atoms with van der Waals surface area (Å²) in [5, 5.41) is 1.04. The number of fused-ring (bicyclic) bond motifs is 1. The van der Waals surface area contributed by atoms with Crippen LogP contribution in [0, 0.1) is 6.92 Å². The summed E-state index contributed by atoms with van der Waals surface area (Å²) in [6.45, 7) is 7.75. The zero-order valence-electron chi connectivity index (χ0n) is 18.8. The number of carbonyl (C=O) groups excluding carboxylic acids is 1. The Kier molecular flexibility index (Phi) is 6.02. The molecule has 3 aromatic rings. The molecule has 2 fully saturated rings. The van der Waals surface area contributed by atoms with E-state index in [4.69, 9.17) is 4.74 Å². The van der Waals surface area contributed by atoms with Crippen LogP contribution in [-0.4, -0.2) is 73.1 Å². The molecule has 1 amide bonds. The second-order valence-corrected chi connectivity index (χ2v) is 9.92. The van der Waals surface area contributed by atoms with E-state index in [1.165, 1.54) is 5.69 Å². The van der Waals surface area contributed by atoms with Gasteiger partial charge in [0.15, 0.2) is 0 Å². The molecule has 0 radical (unpaired) electrons. The van der Waals surface area contributed by atoms with Crippen molar-refractivity contribution in [2.75, 3.05) is 51.3 Å². The van der Waals surface area contributed by atoms with Gasteiger partial charge in [-0.15, -0.1) is 11.3 Å². The Morgan fingerprint density at radius 1 is 1.06 bits per heavy atom. The summed E-state index contributed by atoms with van der Waals surface area (Å²) in [6, 6.07) is 14.7. The molecule has 32 heavy (non-hydrogen) atoms. The van der Waals surface area contributed by atoms with Gasteiger partial charge in [-0.05, 0) is 62.2 Å². The van der Waals surface area contributed by atoms with Gasteiger partial charge in [-0.3, -0.25) is 9.69 Å². The molecule has 1 aromatic heterocycles. The Balaban J connectivity index is 1.20. The van der Waals surface area contributed by atoms with Crippen LogP contribution in [0.5, 0.6) is 5.75 Å². The van der Waals surface area contributed by atoms with Gasteiger partial charge in [-0.25, -0.2) is 4.98 Å². The monoisotopic (exact) mass is 450 g/mol. The lowest BCUT2D eigenvalue weighted by Gasteiger charge is -2.44. The van der Waals surface area contributed by atoms with E-state index in [1.807, 2.05) is 42.2 Å². The number of anilines is 1. The third-order valence-electron chi connectivity index (χ3n) is 6.69. The molecule has 5 rings (SSSR count). The number of aryl methyl sites for hydroxylation is 1. The molecule has 0 saturated carbocycles. The molecule has 2 saturated heterocycles. The number of hydrogen-bond acceptors (Lipinski definition) is 6. The van der Waals surface area contributed by atoms with Gasteiger partial charge in [0.05, 0.1) is 22.3 Å². The standard InChI is InChI=1S/C25H30N4O2S/c1-18-26-23-16-19(5-10-24(23)32-18)25(30)29-11-3-4-21(17-29)28-14-12-27(13-15-28)20-6-8-22(31-2)9-7-20/h5-10,16,21H,3-4,11-15,17H2,1-2H3. The van der Waals surface area contributed by atoms with Gasteiger partial charge in [0.25, 0.3) is 5.91 Å². The second-order valence-electron chi connectivity index (χ2n) is 8.68. The van der Waals surface area contributed by atoms with Gasteiger partial charge in [0, 0.05) is 56.6 Å². The van der Waals surface area contributed by atoms with Crippen LogP contribution in [0.4, 0.5) is 5.69 Å². The van der Waals surface area contributed by atoms with Gasteiger partial charge in [-0.2, -0.15) is 0 Å². The van der Waals surface area contributed by atoms with Crippen molar-refractivity contribution in [1.82, 2.24) is 14.8 Å². The third kappa shape index (κ3) is 4.32. The number of hydrogen-bond donors (Lipinski definition) is 0. The average Bonchev–Trinajstić information content (AvgIpc) is 3.23. The van der Waals surface area contributed by atoms with Crippen molar-refractivity contribution in [3.8, 4) is 5.75 Å². The number of piperidine rings is 1. The number of thiazole rings is 1. The van der Waals surface area contributed by atoms with Crippen molar-refractivity contribution < 1.29 is 9.53 Å². The maximum Gasteiger partial charge on any atom is 0.253 e. The van der Waals surface area contributed by atoms with E-state index < -0.39 is 0 Å².